The quantitative estimate of drug-likeness (QED) is 0.650. The van der Waals surface area contributed by atoms with Crippen LogP contribution < -0.4 is 16.4 Å². The first-order valence-electron chi connectivity index (χ1n) is 8.74. The molecule has 1 heterocycles. The molecule has 25 heavy (non-hydrogen) atoms. The molecule has 2 rings (SSSR count). The fourth-order valence-corrected chi connectivity index (χ4v) is 2.81. The van der Waals surface area contributed by atoms with E-state index in [1.165, 1.54) is 0 Å². The first-order valence-corrected chi connectivity index (χ1v) is 8.74. The van der Waals surface area contributed by atoms with E-state index in [-0.39, 0.29) is 11.8 Å². The molecule has 4 N–H and O–H groups in total. The van der Waals surface area contributed by atoms with Crippen LogP contribution in [-0.2, 0) is 11.3 Å². The molecule has 1 aromatic rings. The summed E-state index contributed by atoms with van der Waals surface area (Å²) >= 11 is 0. The topological polar surface area (TPSA) is 105 Å². The molecular weight excluding hydrogens is 320 g/mol. The molecule has 7 heteroatoms. The molecule has 1 aromatic carbocycles. The van der Waals surface area contributed by atoms with Gasteiger partial charge >= 0.3 is 6.03 Å². The molecule has 1 saturated heterocycles. The zero-order valence-corrected chi connectivity index (χ0v) is 14.4. The van der Waals surface area contributed by atoms with Gasteiger partial charge in [-0.2, -0.15) is 0 Å². The van der Waals surface area contributed by atoms with Crippen molar-refractivity contribution in [1.82, 2.24) is 15.5 Å². The van der Waals surface area contributed by atoms with Crippen LogP contribution in [0.2, 0.25) is 0 Å². The number of hydrogen-bond acceptors (Lipinski definition) is 3. The summed E-state index contributed by atoms with van der Waals surface area (Å²) in [5.41, 5.74) is 6.45. The van der Waals surface area contributed by atoms with E-state index in [0.717, 1.165) is 37.8 Å². The van der Waals surface area contributed by atoms with Crippen LogP contribution in [0.4, 0.5) is 4.79 Å². The third kappa shape index (κ3) is 6.45. The van der Waals surface area contributed by atoms with Gasteiger partial charge in [0.1, 0.15) is 0 Å². The van der Waals surface area contributed by atoms with Gasteiger partial charge in [-0.1, -0.05) is 18.6 Å². The molecular formula is C18H26N4O3. The number of likely N-dealkylation sites (tertiary alicyclic amines) is 1. The minimum atomic E-state index is -0.579. The molecule has 136 valence electrons. The number of benzene rings is 1. The van der Waals surface area contributed by atoms with Gasteiger partial charge in [-0.15, -0.1) is 0 Å². The zero-order chi connectivity index (χ0) is 18.1. The van der Waals surface area contributed by atoms with Crippen molar-refractivity contribution in [1.29, 1.82) is 0 Å². The van der Waals surface area contributed by atoms with E-state index in [4.69, 9.17) is 5.73 Å². The van der Waals surface area contributed by atoms with Crippen molar-refractivity contribution >= 4 is 17.8 Å². The third-order valence-electron chi connectivity index (χ3n) is 4.24. The predicted octanol–water partition coefficient (Wildman–Crippen LogP) is 1.38. The SMILES string of the molecule is NC(=O)NCc1ccc(C(=O)NCCCN2CCCCCC2=O)cc1. The van der Waals surface area contributed by atoms with Crippen molar-refractivity contribution in [3.63, 3.8) is 0 Å². The Bertz CT molecular complexity index is 601. The van der Waals surface area contributed by atoms with E-state index in [1.807, 2.05) is 4.90 Å². The van der Waals surface area contributed by atoms with Crippen molar-refractivity contribution in [2.75, 3.05) is 19.6 Å². The highest BCUT2D eigenvalue weighted by Gasteiger charge is 2.15. The van der Waals surface area contributed by atoms with Crippen molar-refractivity contribution in [3.05, 3.63) is 35.4 Å². The summed E-state index contributed by atoms with van der Waals surface area (Å²) in [4.78, 5) is 36.6. The molecule has 1 aliphatic rings. The lowest BCUT2D eigenvalue weighted by atomic mass is 10.1. The number of nitrogens with one attached hydrogen (secondary N) is 2. The Morgan fingerprint density at radius 2 is 1.84 bits per heavy atom. The van der Waals surface area contributed by atoms with Gasteiger partial charge in [0.2, 0.25) is 5.91 Å². The highest BCUT2D eigenvalue weighted by molar-refractivity contribution is 5.94. The molecule has 0 saturated carbocycles. The van der Waals surface area contributed by atoms with E-state index in [9.17, 15) is 14.4 Å². The van der Waals surface area contributed by atoms with Crippen LogP contribution in [0.5, 0.6) is 0 Å². The maximum Gasteiger partial charge on any atom is 0.312 e. The van der Waals surface area contributed by atoms with Crippen LogP contribution in [0, 0.1) is 0 Å². The van der Waals surface area contributed by atoms with E-state index in [0.29, 0.717) is 31.6 Å². The molecule has 0 aromatic heterocycles. The van der Waals surface area contributed by atoms with Gasteiger partial charge in [0.25, 0.3) is 5.91 Å². The third-order valence-corrected chi connectivity index (χ3v) is 4.24. The second-order valence-electron chi connectivity index (χ2n) is 6.22. The van der Waals surface area contributed by atoms with Crippen LogP contribution in [0.3, 0.4) is 0 Å². The van der Waals surface area contributed by atoms with Gasteiger partial charge in [-0.25, -0.2) is 4.79 Å². The van der Waals surface area contributed by atoms with Crippen LogP contribution in [0.15, 0.2) is 24.3 Å². The molecule has 0 spiro atoms. The van der Waals surface area contributed by atoms with Crippen molar-refractivity contribution in [3.8, 4) is 0 Å². The minimum absolute atomic E-state index is 0.142. The second-order valence-corrected chi connectivity index (χ2v) is 6.22. The van der Waals surface area contributed by atoms with Gasteiger partial charge in [0.05, 0.1) is 0 Å². The Morgan fingerprint density at radius 1 is 1.08 bits per heavy atom. The van der Waals surface area contributed by atoms with Crippen LogP contribution >= 0.6 is 0 Å². The summed E-state index contributed by atoms with van der Waals surface area (Å²) in [7, 11) is 0. The number of nitrogens with two attached hydrogens (primary N) is 1. The van der Waals surface area contributed by atoms with Crippen LogP contribution in [-0.4, -0.2) is 42.4 Å². The van der Waals surface area contributed by atoms with Crippen LogP contribution in [0.25, 0.3) is 0 Å². The normalized spacial score (nSPS) is 14.7. The van der Waals surface area contributed by atoms with Crippen molar-refractivity contribution in [2.24, 2.45) is 5.73 Å². The highest BCUT2D eigenvalue weighted by Crippen LogP contribution is 2.11. The Labute approximate surface area is 147 Å². The van der Waals surface area contributed by atoms with E-state index < -0.39 is 6.03 Å². The van der Waals surface area contributed by atoms with Crippen molar-refractivity contribution < 1.29 is 14.4 Å². The number of hydrogen-bond donors (Lipinski definition) is 3. The second kappa shape index (κ2) is 9.66. The molecule has 0 atom stereocenters. The Kier molecular flexibility index (Phi) is 7.25. The number of nitrogens with zero attached hydrogens (tertiary/aromatic N) is 1. The lowest BCUT2D eigenvalue weighted by molar-refractivity contribution is -0.130. The summed E-state index contributed by atoms with van der Waals surface area (Å²) in [5, 5.41) is 5.37. The number of carbonyl (C=O) groups is 3. The first kappa shape index (κ1) is 18.8. The fourth-order valence-electron chi connectivity index (χ4n) is 2.81. The first-order chi connectivity index (χ1) is 12.1. The van der Waals surface area contributed by atoms with Gasteiger partial charge in [0.15, 0.2) is 0 Å². The van der Waals surface area contributed by atoms with Crippen molar-refractivity contribution in [2.45, 2.75) is 38.6 Å². The summed E-state index contributed by atoms with van der Waals surface area (Å²) in [6.45, 7) is 2.39. The van der Waals surface area contributed by atoms with Gasteiger partial charge in [0, 0.05) is 38.2 Å². The average Bonchev–Trinajstić information content (AvgIpc) is 2.81. The molecule has 0 radical (unpaired) electrons. The lowest BCUT2D eigenvalue weighted by Gasteiger charge is -2.20. The standard InChI is InChI=1S/C18H26N4O3/c19-18(25)21-13-14-6-8-15(9-7-14)17(24)20-10-4-12-22-11-3-1-2-5-16(22)23/h6-9H,1-5,10-13H2,(H,20,24)(H3,19,21,25). The summed E-state index contributed by atoms with van der Waals surface area (Å²) in [5.74, 6) is 0.0839. The van der Waals surface area contributed by atoms with E-state index >= 15 is 0 Å². The van der Waals surface area contributed by atoms with Crippen LogP contribution in [0.1, 0.15) is 48.0 Å². The van der Waals surface area contributed by atoms with Gasteiger partial charge in [-0.05, 0) is 37.0 Å². The summed E-state index contributed by atoms with van der Waals surface area (Å²) < 4.78 is 0. The number of urea groups is 1. The maximum absolute atomic E-state index is 12.1. The Balaban J connectivity index is 1.70. The number of rotatable bonds is 7. The molecule has 0 bridgehead atoms. The average molecular weight is 346 g/mol. The fraction of sp³-hybridized carbons (Fsp3) is 0.500. The van der Waals surface area contributed by atoms with Gasteiger partial charge < -0.3 is 21.3 Å². The maximum atomic E-state index is 12.1. The highest BCUT2D eigenvalue weighted by atomic mass is 16.2. The Morgan fingerprint density at radius 3 is 2.56 bits per heavy atom. The molecule has 1 fully saturated rings. The van der Waals surface area contributed by atoms with Gasteiger partial charge in [-0.3, -0.25) is 9.59 Å². The number of amides is 4. The van der Waals surface area contributed by atoms with E-state index in [1.54, 1.807) is 24.3 Å². The Hall–Kier alpha value is -2.57. The molecule has 1 aliphatic heterocycles. The lowest BCUT2D eigenvalue weighted by Crippen LogP contribution is -2.34. The monoisotopic (exact) mass is 346 g/mol. The number of carbonyl (C=O) groups excluding carboxylic acids is 3. The predicted molar refractivity (Wildman–Crippen MR) is 94.9 cm³/mol. The summed E-state index contributed by atoms with van der Waals surface area (Å²) in [6, 6.07) is 6.41. The number of primary amides is 1. The van der Waals surface area contributed by atoms with E-state index in [2.05, 4.69) is 10.6 Å². The summed E-state index contributed by atoms with van der Waals surface area (Å²) in [6.07, 6.45) is 4.55. The largest absolute Gasteiger partial charge is 0.352 e. The molecule has 0 unspecified atom stereocenters. The molecule has 0 aliphatic carbocycles. The smallest absolute Gasteiger partial charge is 0.312 e. The molecule has 7 nitrogen and oxygen atoms in total. The minimum Gasteiger partial charge on any atom is -0.352 e. The molecule has 4 amide bonds. The zero-order valence-electron chi connectivity index (χ0n) is 14.4.